The monoisotopic (exact) mass is 434 g/mol. The van der Waals surface area contributed by atoms with Crippen molar-refractivity contribution in [3.8, 4) is 0 Å². The van der Waals surface area contributed by atoms with Gasteiger partial charge in [0.15, 0.2) is 0 Å². The van der Waals surface area contributed by atoms with Crippen LogP contribution in [0.3, 0.4) is 0 Å². The van der Waals surface area contributed by atoms with Crippen LogP contribution in [-0.4, -0.2) is 13.0 Å². The van der Waals surface area contributed by atoms with Gasteiger partial charge in [0.1, 0.15) is 0 Å². The molecule has 0 bridgehead atoms. The summed E-state index contributed by atoms with van der Waals surface area (Å²) in [6, 6.07) is 37.8. The molecule has 152 valence electrons. The van der Waals surface area contributed by atoms with Crippen LogP contribution in [0.2, 0.25) is 0 Å². The van der Waals surface area contributed by atoms with Crippen LogP contribution >= 0.6 is 7.92 Å². The zero-order chi connectivity index (χ0) is 21.4. The molecule has 0 unspecified atom stereocenters. The summed E-state index contributed by atoms with van der Waals surface area (Å²) < 4.78 is 29.2. The Hall–Kier alpha value is -2.78. The Morgan fingerprint density at radius 3 is 1.40 bits per heavy atom. The second kappa shape index (κ2) is 10.3. The fraction of sp³-hybridized carbons (Fsp3) is 0.0400. The molecule has 3 nitrogen and oxygen atoms in total. The van der Waals surface area contributed by atoms with E-state index < -0.39 is 18.0 Å². The Morgan fingerprint density at radius 1 is 0.600 bits per heavy atom. The van der Waals surface area contributed by atoms with Gasteiger partial charge in [0.25, 0.3) is 10.1 Å². The molecular formula is C25H23O3PS. The van der Waals surface area contributed by atoms with Gasteiger partial charge in [-0.3, -0.25) is 4.55 Å². The predicted octanol–water partition coefficient (Wildman–Crippen LogP) is 4.69. The first-order chi connectivity index (χ1) is 14.5. The zero-order valence-electron chi connectivity index (χ0n) is 16.6. The van der Waals surface area contributed by atoms with E-state index in [0.717, 1.165) is 0 Å². The second-order valence-corrected chi connectivity index (χ2v) is 10.2. The highest BCUT2D eigenvalue weighted by Crippen LogP contribution is 2.33. The Bertz CT molecular complexity index is 1120. The van der Waals surface area contributed by atoms with Gasteiger partial charge >= 0.3 is 0 Å². The van der Waals surface area contributed by atoms with Crippen molar-refractivity contribution in [2.24, 2.45) is 0 Å². The third-order valence-corrected chi connectivity index (χ3v) is 7.91. The fourth-order valence-corrected chi connectivity index (χ4v) is 5.95. The lowest BCUT2D eigenvalue weighted by Gasteiger charge is -2.21. The summed E-state index contributed by atoms with van der Waals surface area (Å²) in [6.07, 6.45) is 0. The highest BCUT2D eigenvalue weighted by atomic mass is 32.2. The van der Waals surface area contributed by atoms with E-state index in [1.54, 1.807) is 18.2 Å². The molecule has 0 amide bonds. The van der Waals surface area contributed by atoms with Crippen molar-refractivity contribution in [1.82, 2.24) is 0 Å². The Morgan fingerprint density at radius 2 is 1.00 bits per heavy atom. The maximum absolute atomic E-state index is 10.4. The van der Waals surface area contributed by atoms with E-state index in [1.807, 2.05) is 0 Å². The van der Waals surface area contributed by atoms with Crippen molar-refractivity contribution in [1.29, 1.82) is 0 Å². The maximum Gasteiger partial charge on any atom is 0.294 e. The van der Waals surface area contributed by atoms with Gasteiger partial charge in [0.05, 0.1) is 4.90 Å². The molecule has 0 aliphatic carbocycles. The van der Waals surface area contributed by atoms with Gasteiger partial charge in [-0.05, 0) is 48.5 Å². The molecular weight excluding hydrogens is 411 g/mol. The summed E-state index contributed by atoms with van der Waals surface area (Å²) in [5.41, 5.74) is 1.37. The third kappa shape index (κ3) is 5.87. The molecule has 4 aromatic carbocycles. The van der Waals surface area contributed by atoms with Gasteiger partial charge in [-0.2, -0.15) is 8.42 Å². The molecule has 4 rings (SSSR count). The van der Waals surface area contributed by atoms with E-state index in [-0.39, 0.29) is 4.90 Å². The minimum absolute atomic E-state index is 0.0741. The average molecular weight is 434 g/mol. The van der Waals surface area contributed by atoms with Crippen LogP contribution in [0.5, 0.6) is 0 Å². The van der Waals surface area contributed by atoms with Crippen molar-refractivity contribution < 1.29 is 13.0 Å². The molecule has 0 aliphatic rings. The minimum atomic E-state index is -4.00. The molecule has 0 atom stereocenters. The van der Waals surface area contributed by atoms with E-state index in [0.29, 0.717) is 0 Å². The van der Waals surface area contributed by atoms with Gasteiger partial charge in [-0.15, -0.1) is 0 Å². The van der Waals surface area contributed by atoms with E-state index in [2.05, 4.69) is 91.9 Å². The number of rotatable bonds is 4. The van der Waals surface area contributed by atoms with E-state index in [9.17, 15) is 8.42 Å². The molecule has 5 heteroatoms. The molecule has 0 saturated heterocycles. The van der Waals surface area contributed by atoms with Crippen molar-refractivity contribution in [2.45, 2.75) is 11.8 Å². The predicted molar refractivity (Wildman–Crippen MR) is 126 cm³/mol. The summed E-state index contributed by atoms with van der Waals surface area (Å²) in [5, 5.41) is 4.26. The quantitative estimate of drug-likeness (QED) is 0.375. The lowest BCUT2D eigenvalue weighted by atomic mass is 10.2. The van der Waals surface area contributed by atoms with Crippen LogP contribution in [0.1, 0.15) is 5.56 Å². The standard InChI is InChI=1S/C19H17P.C6H6O3S/c1-16-10-8-9-15-19(16)20(17-11-4-2-5-12-17)18-13-6-3-7-14-18;7-10(8,9)6-4-2-1-3-5-6/h2-15H,1H3;1-5H,(H,7,8,9). The van der Waals surface area contributed by atoms with Crippen molar-refractivity contribution >= 4 is 34.0 Å². The van der Waals surface area contributed by atoms with E-state index in [4.69, 9.17) is 4.55 Å². The summed E-state index contributed by atoms with van der Waals surface area (Å²) in [7, 11) is -4.47. The first-order valence-electron chi connectivity index (χ1n) is 9.45. The van der Waals surface area contributed by atoms with Crippen LogP contribution in [-0.2, 0) is 10.1 Å². The molecule has 0 radical (unpaired) electrons. The summed E-state index contributed by atoms with van der Waals surface area (Å²) in [5.74, 6) is 0. The number of hydrogen-bond donors (Lipinski definition) is 1. The molecule has 0 saturated carbocycles. The normalized spacial score (nSPS) is 10.9. The van der Waals surface area contributed by atoms with Crippen molar-refractivity contribution in [2.75, 3.05) is 0 Å². The smallest absolute Gasteiger partial charge is 0.282 e. The first kappa shape index (κ1) is 21.9. The Labute approximate surface area is 179 Å². The molecule has 4 aromatic rings. The highest BCUT2D eigenvalue weighted by molar-refractivity contribution is 7.85. The van der Waals surface area contributed by atoms with Gasteiger partial charge in [-0.25, -0.2) is 0 Å². The average Bonchev–Trinajstić information content (AvgIpc) is 2.77. The first-order valence-corrected chi connectivity index (χ1v) is 12.2. The maximum atomic E-state index is 10.4. The molecule has 0 aromatic heterocycles. The minimum Gasteiger partial charge on any atom is -0.282 e. The van der Waals surface area contributed by atoms with Gasteiger partial charge in [0.2, 0.25) is 0 Å². The number of benzene rings is 4. The van der Waals surface area contributed by atoms with E-state index in [1.165, 1.54) is 33.6 Å². The van der Waals surface area contributed by atoms with Crippen molar-refractivity contribution in [3.05, 3.63) is 121 Å². The SMILES string of the molecule is Cc1ccccc1P(c1ccccc1)c1ccccc1.O=S(=O)(O)c1ccccc1. The van der Waals surface area contributed by atoms with Crippen LogP contribution < -0.4 is 15.9 Å². The third-order valence-electron chi connectivity index (χ3n) is 4.43. The molecule has 0 aliphatic heterocycles. The van der Waals surface area contributed by atoms with Crippen LogP contribution in [0.15, 0.2) is 120 Å². The molecule has 0 spiro atoms. The molecule has 0 fully saturated rings. The van der Waals surface area contributed by atoms with Crippen molar-refractivity contribution in [3.63, 3.8) is 0 Å². The number of hydrogen-bond acceptors (Lipinski definition) is 2. The van der Waals surface area contributed by atoms with Gasteiger partial charge in [0, 0.05) is 0 Å². The molecule has 0 heterocycles. The highest BCUT2D eigenvalue weighted by Gasteiger charge is 2.17. The van der Waals surface area contributed by atoms with Gasteiger partial charge in [-0.1, -0.05) is 103 Å². The summed E-state index contributed by atoms with van der Waals surface area (Å²) in [6.45, 7) is 2.20. The number of aryl methyl sites for hydroxylation is 1. The van der Waals surface area contributed by atoms with Gasteiger partial charge < -0.3 is 0 Å². The molecule has 30 heavy (non-hydrogen) atoms. The van der Waals surface area contributed by atoms with Crippen LogP contribution in [0.25, 0.3) is 0 Å². The topological polar surface area (TPSA) is 54.4 Å². The largest absolute Gasteiger partial charge is 0.294 e. The summed E-state index contributed by atoms with van der Waals surface area (Å²) in [4.78, 5) is -0.0741. The molecule has 1 N–H and O–H groups in total. The van der Waals surface area contributed by atoms with Crippen LogP contribution in [0.4, 0.5) is 0 Å². The Balaban J connectivity index is 0.000000216. The zero-order valence-corrected chi connectivity index (χ0v) is 18.3. The summed E-state index contributed by atoms with van der Waals surface area (Å²) >= 11 is 0. The fourth-order valence-electron chi connectivity index (χ4n) is 2.99. The second-order valence-electron chi connectivity index (χ2n) is 6.58. The van der Waals surface area contributed by atoms with Crippen LogP contribution in [0, 0.1) is 6.92 Å². The Kier molecular flexibility index (Phi) is 7.53. The van der Waals surface area contributed by atoms with E-state index >= 15 is 0 Å². The lowest BCUT2D eigenvalue weighted by molar-refractivity contribution is 0.483. The lowest BCUT2D eigenvalue weighted by Crippen LogP contribution is -2.22.